The third-order valence-electron chi connectivity index (χ3n) is 3.68. The Morgan fingerprint density at radius 1 is 1.12 bits per heavy atom. The molecule has 138 valence electrons. The van der Waals surface area contributed by atoms with E-state index in [2.05, 4.69) is 10.1 Å². The fourth-order valence-corrected chi connectivity index (χ4v) is 2.29. The fraction of sp³-hybridized carbons (Fsp3) is 0.222. The van der Waals surface area contributed by atoms with Gasteiger partial charge in [0.05, 0.1) is 12.7 Å². The number of rotatable bonds is 4. The number of carbonyl (C=O) groups excluding carboxylic acids is 2. The number of aryl methyl sites for hydroxylation is 1. The van der Waals surface area contributed by atoms with Gasteiger partial charge in [-0.25, -0.2) is 9.18 Å². The summed E-state index contributed by atoms with van der Waals surface area (Å²) in [5.74, 6) is -2.19. The maximum absolute atomic E-state index is 13.3. The Bertz CT molecular complexity index is 833. The first kappa shape index (κ1) is 19.4. The maximum Gasteiger partial charge on any atom is 0.416 e. The Balaban J connectivity index is 2.35. The molecule has 0 bridgehead atoms. The number of hydrogen-bond acceptors (Lipinski definition) is 3. The van der Waals surface area contributed by atoms with Gasteiger partial charge in [-0.1, -0.05) is 12.1 Å². The number of alkyl halides is 3. The molecule has 26 heavy (non-hydrogen) atoms. The van der Waals surface area contributed by atoms with E-state index in [1.165, 1.54) is 25.1 Å². The second-order valence-corrected chi connectivity index (χ2v) is 5.52. The summed E-state index contributed by atoms with van der Waals surface area (Å²) in [5.41, 5.74) is -0.772. The molecule has 0 spiro atoms. The van der Waals surface area contributed by atoms with Gasteiger partial charge in [-0.05, 0) is 48.4 Å². The quantitative estimate of drug-likeness (QED) is 0.659. The van der Waals surface area contributed by atoms with Gasteiger partial charge < -0.3 is 10.1 Å². The number of halogens is 4. The second kappa shape index (κ2) is 7.55. The van der Waals surface area contributed by atoms with Crippen LogP contribution in [0.2, 0.25) is 0 Å². The van der Waals surface area contributed by atoms with E-state index < -0.39 is 35.5 Å². The van der Waals surface area contributed by atoms with Gasteiger partial charge in [0.2, 0.25) is 0 Å². The SMILES string of the molecule is COC(=O)C(NC(=O)c1ccc(F)c(C)c1)c1cccc(C(F)(F)F)c1. The lowest BCUT2D eigenvalue weighted by atomic mass is 10.0. The normalized spacial score (nSPS) is 12.4. The molecule has 2 aromatic rings. The first-order valence-electron chi connectivity index (χ1n) is 7.45. The molecular formula is C18H15F4NO3. The number of nitrogens with one attached hydrogen (secondary N) is 1. The number of hydrogen-bond donors (Lipinski definition) is 1. The molecule has 4 nitrogen and oxygen atoms in total. The zero-order chi connectivity index (χ0) is 19.5. The van der Waals surface area contributed by atoms with Crippen molar-refractivity contribution in [3.05, 3.63) is 70.5 Å². The van der Waals surface area contributed by atoms with Crippen LogP contribution in [0.5, 0.6) is 0 Å². The Labute approximate surface area is 146 Å². The zero-order valence-corrected chi connectivity index (χ0v) is 13.9. The van der Waals surface area contributed by atoms with Crippen molar-refractivity contribution in [3.63, 3.8) is 0 Å². The minimum absolute atomic E-state index is 0.0600. The second-order valence-electron chi connectivity index (χ2n) is 5.52. The molecule has 2 rings (SSSR count). The van der Waals surface area contributed by atoms with Crippen LogP contribution >= 0.6 is 0 Å². The maximum atomic E-state index is 13.3. The summed E-state index contributed by atoms with van der Waals surface area (Å²) in [6.45, 7) is 1.46. The molecule has 2 aromatic carbocycles. The van der Waals surface area contributed by atoms with Crippen LogP contribution in [-0.2, 0) is 15.7 Å². The highest BCUT2D eigenvalue weighted by atomic mass is 19.4. The summed E-state index contributed by atoms with van der Waals surface area (Å²) >= 11 is 0. The van der Waals surface area contributed by atoms with E-state index in [4.69, 9.17) is 0 Å². The number of amides is 1. The van der Waals surface area contributed by atoms with E-state index in [0.29, 0.717) is 0 Å². The Morgan fingerprint density at radius 2 is 1.81 bits per heavy atom. The molecule has 0 heterocycles. The third kappa shape index (κ3) is 4.38. The van der Waals surface area contributed by atoms with E-state index in [9.17, 15) is 27.2 Å². The summed E-state index contributed by atoms with van der Waals surface area (Å²) in [6, 6.07) is 6.13. The van der Waals surface area contributed by atoms with Gasteiger partial charge in [0.25, 0.3) is 5.91 Å². The average molecular weight is 369 g/mol. The van der Waals surface area contributed by atoms with Crippen molar-refractivity contribution in [1.82, 2.24) is 5.32 Å². The molecule has 1 unspecified atom stereocenters. The lowest BCUT2D eigenvalue weighted by molar-refractivity contribution is -0.143. The van der Waals surface area contributed by atoms with Gasteiger partial charge in [-0.3, -0.25) is 4.79 Å². The van der Waals surface area contributed by atoms with Gasteiger partial charge in [0.1, 0.15) is 5.82 Å². The molecule has 0 saturated heterocycles. The first-order chi connectivity index (χ1) is 12.1. The van der Waals surface area contributed by atoms with Crippen LogP contribution < -0.4 is 5.32 Å². The van der Waals surface area contributed by atoms with Crippen LogP contribution in [0.3, 0.4) is 0 Å². The smallest absolute Gasteiger partial charge is 0.416 e. The molecule has 0 aliphatic heterocycles. The molecule has 0 saturated carbocycles. The van der Waals surface area contributed by atoms with Gasteiger partial charge >= 0.3 is 12.1 Å². The van der Waals surface area contributed by atoms with Gasteiger partial charge in [0, 0.05) is 5.56 Å². The van der Waals surface area contributed by atoms with Crippen molar-refractivity contribution < 1.29 is 31.9 Å². The molecule has 0 radical (unpaired) electrons. The molecular weight excluding hydrogens is 354 g/mol. The number of methoxy groups -OCH3 is 1. The topological polar surface area (TPSA) is 55.4 Å². The minimum Gasteiger partial charge on any atom is -0.467 e. The Kier molecular flexibility index (Phi) is 5.64. The standard InChI is InChI=1S/C18H15F4NO3/c1-10-8-12(6-7-14(10)19)16(24)23-15(17(25)26-2)11-4-3-5-13(9-11)18(20,21)22/h3-9,15H,1-2H3,(H,23,24). The first-order valence-corrected chi connectivity index (χ1v) is 7.45. The van der Waals surface area contributed by atoms with E-state index >= 15 is 0 Å². The molecule has 1 N–H and O–H groups in total. The number of ether oxygens (including phenoxy) is 1. The van der Waals surface area contributed by atoms with E-state index in [1.54, 1.807) is 0 Å². The largest absolute Gasteiger partial charge is 0.467 e. The Morgan fingerprint density at radius 3 is 2.38 bits per heavy atom. The van der Waals surface area contributed by atoms with Crippen molar-refractivity contribution in [2.75, 3.05) is 7.11 Å². The highest BCUT2D eigenvalue weighted by Crippen LogP contribution is 2.31. The number of esters is 1. The lowest BCUT2D eigenvalue weighted by Gasteiger charge is -2.18. The van der Waals surface area contributed by atoms with Crippen LogP contribution in [0, 0.1) is 12.7 Å². The van der Waals surface area contributed by atoms with Crippen molar-refractivity contribution in [2.45, 2.75) is 19.1 Å². The van der Waals surface area contributed by atoms with Crippen LogP contribution in [0.15, 0.2) is 42.5 Å². The van der Waals surface area contributed by atoms with Crippen molar-refractivity contribution >= 4 is 11.9 Å². The lowest BCUT2D eigenvalue weighted by Crippen LogP contribution is -2.34. The molecule has 0 aliphatic rings. The van der Waals surface area contributed by atoms with Gasteiger partial charge in [-0.2, -0.15) is 13.2 Å². The zero-order valence-electron chi connectivity index (χ0n) is 13.9. The molecule has 0 fully saturated rings. The number of carbonyl (C=O) groups is 2. The molecule has 1 amide bonds. The summed E-state index contributed by atoms with van der Waals surface area (Å²) in [6.07, 6.45) is -4.60. The van der Waals surface area contributed by atoms with Crippen molar-refractivity contribution in [3.8, 4) is 0 Å². The fourth-order valence-electron chi connectivity index (χ4n) is 2.29. The van der Waals surface area contributed by atoms with E-state index in [-0.39, 0.29) is 16.7 Å². The Hall–Kier alpha value is -2.90. The van der Waals surface area contributed by atoms with E-state index in [1.807, 2.05) is 0 Å². The summed E-state index contributed by atoms with van der Waals surface area (Å²) < 4.78 is 56.5. The predicted molar refractivity (Wildman–Crippen MR) is 84.8 cm³/mol. The monoisotopic (exact) mass is 369 g/mol. The van der Waals surface area contributed by atoms with Crippen molar-refractivity contribution in [1.29, 1.82) is 0 Å². The van der Waals surface area contributed by atoms with Gasteiger partial charge in [0.15, 0.2) is 6.04 Å². The van der Waals surface area contributed by atoms with Crippen LogP contribution in [0.1, 0.15) is 33.1 Å². The molecule has 8 heteroatoms. The van der Waals surface area contributed by atoms with Crippen LogP contribution in [-0.4, -0.2) is 19.0 Å². The van der Waals surface area contributed by atoms with Crippen LogP contribution in [0.25, 0.3) is 0 Å². The average Bonchev–Trinajstić information content (AvgIpc) is 2.60. The molecule has 0 aliphatic carbocycles. The van der Waals surface area contributed by atoms with E-state index in [0.717, 1.165) is 31.4 Å². The highest BCUT2D eigenvalue weighted by molar-refractivity contribution is 5.97. The summed E-state index contributed by atoms with van der Waals surface area (Å²) in [4.78, 5) is 24.3. The summed E-state index contributed by atoms with van der Waals surface area (Å²) in [7, 11) is 1.05. The third-order valence-corrected chi connectivity index (χ3v) is 3.68. The van der Waals surface area contributed by atoms with Crippen LogP contribution in [0.4, 0.5) is 17.6 Å². The highest BCUT2D eigenvalue weighted by Gasteiger charge is 2.32. The molecule has 1 atom stereocenters. The minimum atomic E-state index is -4.60. The number of benzene rings is 2. The predicted octanol–water partition coefficient (Wildman–Crippen LogP) is 3.80. The summed E-state index contributed by atoms with van der Waals surface area (Å²) in [5, 5.41) is 2.32. The molecule has 0 aromatic heterocycles. The van der Waals surface area contributed by atoms with Gasteiger partial charge in [-0.15, -0.1) is 0 Å². The van der Waals surface area contributed by atoms with Crippen molar-refractivity contribution in [2.24, 2.45) is 0 Å².